The highest BCUT2D eigenvalue weighted by molar-refractivity contribution is 6.02. The van der Waals surface area contributed by atoms with Gasteiger partial charge in [-0.25, -0.2) is 9.48 Å². The Morgan fingerprint density at radius 2 is 1.71 bits per heavy atom. The van der Waals surface area contributed by atoms with Crippen LogP contribution in [-0.4, -0.2) is 32.4 Å². The molecule has 4 rings (SSSR count). The molecule has 0 spiro atoms. The first-order valence-corrected chi connectivity index (χ1v) is 8.74. The van der Waals surface area contributed by atoms with E-state index < -0.39 is 5.97 Å². The van der Waals surface area contributed by atoms with E-state index in [0.717, 1.165) is 5.75 Å². The number of hydrogen-bond acceptors (Lipinski definition) is 6. The summed E-state index contributed by atoms with van der Waals surface area (Å²) in [5.74, 6) is 0.748. The van der Waals surface area contributed by atoms with Crippen molar-refractivity contribution < 1.29 is 19.4 Å². The minimum Gasteiger partial charge on any atom is -0.505 e. The van der Waals surface area contributed by atoms with E-state index in [4.69, 9.17) is 9.47 Å². The number of benzene rings is 2. The number of carbonyl (C=O) groups excluding carboxylic acids is 1. The van der Waals surface area contributed by atoms with Gasteiger partial charge in [0.05, 0.1) is 12.3 Å². The summed E-state index contributed by atoms with van der Waals surface area (Å²) in [5, 5.41) is 14.4. The lowest BCUT2D eigenvalue weighted by Crippen LogP contribution is -2.12. The van der Waals surface area contributed by atoms with Crippen LogP contribution in [0.4, 0.5) is 0 Å². The number of nitrogens with zero attached hydrogens (tertiary/aromatic N) is 3. The van der Waals surface area contributed by atoms with Gasteiger partial charge in [0.2, 0.25) is 0 Å². The van der Waals surface area contributed by atoms with Crippen LogP contribution in [0, 0.1) is 0 Å². The topological polar surface area (TPSA) is 86.5 Å². The summed E-state index contributed by atoms with van der Waals surface area (Å²) in [6, 6.07) is 17.9. The molecule has 2 aromatic carbocycles. The molecule has 7 heteroatoms. The molecule has 0 unspecified atom stereocenters. The van der Waals surface area contributed by atoms with Crippen molar-refractivity contribution in [3.63, 3.8) is 0 Å². The largest absolute Gasteiger partial charge is 0.505 e. The fraction of sp³-hybridized carbons (Fsp3) is 0.0952. The predicted octanol–water partition coefficient (Wildman–Crippen LogP) is 4.10. The van der Waals surface area contributed by atoms with Crippen molar-refractivity contribution in [1.29, 1.82) is 0 Å². The molecule has 0 bridgehead atoms. The van der Waals surface area contributed by atoms with E-state index in [9.17, 15) is 9.90 Å². The van der Waals surface area contributed by atoms with Gasteiger partial charge in [-0.3, -0.25) is 4.98 Å². The van der Waals surface area contributed by atoms with E-state index in [0.29, 0.717) is 11.4 Å². The molecule has 7 nitrogen and oxygen atoms in total. The Bertz CT molecular complexity index is 1120. The van der Waals surface area contributed by atoms with Crippen LogP contribution in [0.25, 0.3) is 16.7 Å². The molecule has 0 aliphatic heterocycles. The van der Waals surface area contributed by atoms with Gasteiger partial charge in [0.15, 0.2) is 11.2 Å². The molecule has 0 saturated carbocycles. The number of carbonyl (C=O) groups is 1. The second-order valence-corrected chi connectivity index (χ2v) is 5.92. The van der Waals surface area contributed by atoms with Crippen LogP contribution in [0.5, 0.6) is 17.2 Å². The normalized spacial score (nSPS) is 10.8. The maximum atomic E-state index is 12.5. The van der Waals surface area contributed by atoms with Gasteiger partial charge in [-0.15, -0.1) is 0 Å². The molecule has 4 aromatic rings. The number of rotatable bonds is 5. The van der Waals surface area contributed by atoms with E-state index in [1.807, 2.05) is 30.3 Å². The smallest absolute Gasteiger partial charge is 0.359 e. The molecule has 2 heterocycles. The van der Waals surface area contributed by atoms with Crippen molar-refractivity contribution in [1.82, 2.24) is 14.8 Å². The van der Waals surface area contributed by atoms with E-state index in [2.05, 4.69) is 10.1 Å². The summed E-state index contributed by atoms with van der Waals surface area (Å²) in [5.41, 5.74) is 1.28. The van der Waals surface area contributed by atoms with Crippen molar-refractivity contribution in [2.24, 2.45) is 0 Å². The van der Waals surface area contributed by atoms with Crippen LogP contribution < -0.4 is 4.74 Å². The molecule has 0 aliphatic carbocycles. The number of fused-ring (bicyclic) bond motifs is 1. The molecular formula is C21H17N3O4. The van der Waals surface area contributed by atoms with E-state index >= 15 is 0 Å². The van der Waals surface area contributed by atoms with Gasteiger partial charge in [0.25, 0.3) is 0 Å². The van der Waals surface area contributed by atoms with Crippen LogP contribution in [0.1, 0.15) is 17.4 Å². The van der Waals surface area contributed by atoms with Crippen LogP contribution in [0.15, 0.2) is 66.9 Å². The quantitative estimate of drug-likeness (QED) is 0.529. The number of esters is 1. The van der Waals surface area contributed by atoms with Crippen molar-refractivity contribution in [3.8, 4) is 22.9 Å². The number of para-hydroxylation sites is 1. The van der Waals surface area contributed by atoms with Crippen LogP contribution in [0.3, 0.4) is 0 Å². The first-order chi connectivity index (χ1) is 13.7. The van der Waals surface area contributed by atoms with Crippen molar-refractivity contribution in [2.45, 2.75) is 6.92 Å². The first kappa shape index (κ1) is 17.5. The molecule has 2 aromatic heterocycles. The summed E-state index contributed by atoms with van der Waals surface area (Å²) in [6.07, 6.45) is 1.42. The Morgan fingerprint density at radius 1 is 1.00 bits per heavy atom. The minimum atomic E-state index is -0.562. The third-order valence-corrected chi connectivity index (χ3v) is 4.07. The standard InChI is InChI=1S/C21H17N3O4/c1-2-27-21(26)20-19-18(17(25)12-13-22-19)23-24(20)14-8-10-16(11-9-14)28-15-6-4-3-5-7-15/h3-13,25H,2H2,1H3. The van der Waals surface area contributed by atoms with E-state index in [1.165, 1.54) is 16.9 Å². The molecule has 0 radical (unpaired) electrons. The number of pyridine rings is 1. The number of aromatic nitrogens is 3. The van der Waals surface area contributed by atoms with Gasteiger partial charge in [-0.2, -0.15) is 5.10 Å². The fourth-order valence-corrected chi connectivity index (χ4v) is 2.82. The van der Waals surface area contributed by atoms with E-state index in [-0.39, 0.29) is 29.1 Å². The highest BCUT2D eigenvalue weighted by atomic mass is 16.5. The zero-order chi connectivity index (χ0) is 19.5. The lowest BCUT2D eigenvalue weighted by atomic mass is 10.2. The van der Waals surface area contributed by atoms with Gasteiger partial charge >= 0.3 is 5.97 Å². The summed E-state index contributed by atoms with van der Waals surface area (Å²) in [7, 11) is 0. The second kappa shape index (κ2) is 7.40. The highest BCUT2D eigenvalue weighted by Gasteiger charge is 2.23. The monoisotopic (exact) mass is 375 g/mol. The molecule has 0 amide bonds. The predicted molar refractivity (Wildman–Crippen MR) is 103 cm³/mol. The third kappa shape index (κ3) is 3.25. The number of aromatic hydroxyl groups is 1. The van der Waals surface area contributed by atoms with Gasteiger partial charge in [-0.05, 0) is 43.3 Å². The average Bonchev–Trinajstić information content (AvgIpc) is 3.11. The summed E-state index contributed by atoms with van der Waals surface area (Å²) in [4.78, 5) is 16.7. The SMILES string of the molecule is CCOC(=O)c1c2nccc(O)c2nn1-c1ccc(Oc2ccccc2)cc1. The Hall–Kier alpha value is -3.87. The van der Waals surface area contributed by atoms with Gasteiger partial charge in [0.1, 0.15) is 22.8 Å². The van der Waals surface area contributed by atoms with E-state index in [1.54, 1.807) is 31.2 Å². The number of ether oxygens (including phenoxy) is 2. The summed E-state index contributed by atoms with van der Waals surface area (Å²) < 4.78 is 12.4. The molecular weight excluding hydrogens is 358 g/mol. The molecule has 1 N–H and O–H groups in total. The Morgan fingerprint density at radius 3 is 2.43 bits per heavy atom. The van der Waals surface area contributed by atoms with Crippen molar-refractivity contribution >= 4 is 17.0 Å². The van der Waals surface area contributed by atoms with Gasteiger partial charge in [-0.1, -0.05) is 18.2 Å². The number of hydrogen-bond donors (Lipinski definition) is 1. The Kier molecular flexibility index (Phi) is 4.63. The average molecular weight is 375 g/mol. The zero-order valence-corrected chi connectivity index (χ0v) is 15.1. The summed E-state index contributed by atoms with van der Waals surface area (Å²) in [6.45, 7) is 1.94. The lowest BCUT2D eigenvalue weighted by Gasteiger charge is -2.09. The van der Waals surface area contributed by atoms with Crippen LogP contribution >= 0.6 is 0 Å². The Balaban J connectivity index is 1.75. The van der Waals surface area contributed by atoms with Gasteiger partial charge in [0, 0.05) is 12.3 Å². The molecule has 0 atom stereocenters. The maximum absolute atomic E-state index is 12.5. The van der Waals surface area contributed by atoms with Crippen molar-refractivity contribution in [2.75, 3.05) is 6.61 Å². The Labute approximate surface area is 160 Å². The minimum absolute atomic E-state index is 0.0571. The van der Waals surface area contributed by atoms with Crippen LogP contribution in [-0.2, 0) is 4.74 Å². The lowest BCUT2D eigenvalue weighted by molar-refractivity contribution is 0.0518. The van der Waals surface area contributed by atoms with Gasteiger partial charge < -0.3 is 14.6 Å². The summed E-state index contributed by atoms with van der Waals surface area (Å²) >= 11 is 0. The molecule has 0 aliphatic rings. The molecule has 0 fully saturated rings. The molecule has 140 valence electrons. The fourth-order valence-electron chi connectivity index (χ4n) is 2.82. The highest BCUT2D eigenvalue weighted by Crippen LogP contribution is 2.28. The third-order valence-electron chi connectivity index (χ3n) is 4.07. The van der Waals surface area contributed by atoms with Crippen LogP contribution in [0.2, 0.25) is 0 Å². The first-order valence-electron chi connectivity index (χ1n) is 8.74. The maximum Gasteiger partial charge on any atom is 0.359 e. The van der Waals surface area contributed by atoms with Crippen molar-refractivity contribution in [3.05, 3.63) is 72.6 Å². The second-order valence-electron chi connectivity index (χ2n) is 5.92. The molecule has 28 heavy (non-hydrogen) atoms. The zero-order valence-electron chi connectivity index (χ0n) is 15.1. The molecule has 0 saturated heterocycles.